The molecule has 0 N–H and O–H groups in total. The first kappa shape index (κ1) is 11.2. The smallest absolute Gasteiger partial charge is 0.133 e. The van der Waals surface area contributed by atoms with Crippen LogP contribution in [0.2, 0.25) is 0 Å². The van der Waals surface area contributed by atoms with Crippen LogP contribution in [0.15, 0.2) is 30.3 Å². The summed E-state index contributed by atoms with van der Waals surface area (Å²) < 4.78 is 5.48. The number of benzene rings is 1. The molecule has 0 spiro atoms. The zero-order valence-corrected chi connectivity index (χ0v) is 10.4. The summed E-state index contributed by atoms with van der Waals surface area (Å²) in [7, 11) is 1.76. The number of hydrogen-bond acceptors (Lipinski definition) is 3. The predicted octanol–water partition coefficient (Wildman–Crippen LogP) is 2.89. The van der Waals surface area contributed by atoms with E-state index in [4.69, 9.17) is 9.57 Å². The molecule has 2 fully saturated rings. The maximum absolute atomic E-state index is 6.09. The zero-order valence-electron chi connectivity index (χ0n) is 10.4. The van der Waals surface area contributed by atoms with E-state index in [0.717, 1.165) is 19.3 Å². The molecule has 0 radical (unpaired) electrons. The number of ether oxygens (including phenoxy) is 1. The topological polar surface area (TPSA) is 21.7 Å². The van der Waals surface area contributed by atoms with E-state index in [-0.39, 0.29) is 17.9 Å². The van der Waals surface area contributed by atoms with Crippen LogP contribution < -0.4 is 0 Å². The molecule has 17 heavy (non-hydrogen) atoms. The van der Waals surface area contributed by atoms with E-state index < -0.39 is 0 Å². The SMILES string of the molecule is COC1CCC2(C)CC(c3ccccc3)ON12. The second-order valence-corrected chi connectivity index (χ2v) is 5.26. The first-order valence-electron chi connectivity index (χ1n) is 6.27. The van der Waals surface area contributed by atoms with E-state index in [1.807, 2.05) is 6.07 Å². The van der Waals surface area contributed by atoms with E-state index >= 15 is 0 Å². The fourth-order valence-electron chi connectivity index (χ4n) is 3.03. The Bertz CT molecular complexity index is 394. The Morgan fingerprint density at radius 3 is 2.82 bits per heavy atom. The van der Waals surface area contributed by atoms with Crippen molar-refractivity contribution >= 4 is 0 Å². The third kappa shape index (κ3) is 1.79. The second-order valence-electron chi connectivity index (χ2n) is 5.26. The molecule has 2 aliphatic heterocycles. The van der Waals surface area contributed by atoms with Crippen LogP contribution in [0.3, 0.4) is 0 Å². The molecule has 3 rings (SSSR count). The summed E-state index contributed by atoms with van der Waals surface area (Å²) in [5, 5.41) is 2.07. The molecule has 3 atom stereocenters. The largest absolute Gasteiger partial charge is 0.364 e. The molecule has 3 nitrogen and oxygen atoms in total. The average molecular weight is 233 g/mol. The summed E-state index contributed by atoms with van der Waals surface area (Å²) in [5.41, 5.74) is 1.40. The van der Waals surface area contributed by atoms with Gasteiger partial charge in [-0.25, -0.2) is 0 Å². The summed E-state index contributed by atoms with van der Waals surface area (Å²) in [6, 6.07) is 10.5. The number of hydroxylamine groups is 2. The van der Waals surface area contributed by atoms with Crippen molar-refractivity contribution in [2.45, 2.75) is 44.1 Å². The molecule has 0 aromatic heterocycles. The molecule has 2 heterocycles. The van der Waals surface area contributed by atoms with E-state index in [1.54, 1.807) is 7.11 Å². The van der Waals surface area contributed by atoms with Crippen LogP contribution in [0.4, 0.5) is 0 Å². The van der Waals surface area contributed by atoms with Gasteiger partial charge in [-0.3, -0.25) is 4.84 Å². The minimum atomic E-state index is 0.119. The van der Waals surface area contributed by atoms with E-state index in [0.29, 0.717) is 0 Å². The van der Waals surface area contributed by atoms with Gasteiger partial charge in [0, 0.05) is 19.1 Å². The fourth-order valence-corrected chi connectivity index (χ4v) is 3.03. The van der Waals surface area contributed by atoms with Gasteiger partial charge in [-0.15, -0.1) is 0 Å². The Labute approximate surface area is 102 Å². The van der Waals surface area contributed by atoms with Crippen molar-refractivity contribution in [3.63, 3.8) is 0 Å². The summed E-state index contributed by atoms with van der Waals surface area (Å²) in [6.45, 7) is 2.27. The van der Waals surface area contributed by atoms with E-state index in [1.165, 1.54) is 5.56 Å². The lowest BCUT2D eigenvalue weighted by atomic mass is 9.91. The van der Waals surface area contributed by atoms with E-state index in [9.17, 15) is 0 Å². The number of nitrogens with zero attached hydrogens (tertiary/aromatic N) is 1. The van der Waals surface area contributed by atoms with Gasteiger partial charge in [0.25, 0.3) is 0 Å². The van der Waals surface area contributed by atoms with Gasteiger partial charge in [0.1, 0.15) is 12.3 Å². The van der Waals surface area contributed by atoms with Crippen LogP contribution in [0.5, 0.6) is 0 Å². The maximum Gasteiger partial charge on any atom is 0.133 e. The molecule has 1 aromatic rings. The molecule has 3 heteroatoms. The first-order valence-corrected chi connectivity index (χ1v) is 6.27. The lowest BCUT2D eigenvalue weighted by Crippen LogP contribution is -2.39. The quantitative estimate of drug-likeness (QED) is 0.784. The van der Waals surface area contributed by atoms with Gasteiger partial charge in [-0.05, 0) is 25.3 Å². The lowest BCUT2D eigenvalue weighted by molar-refractivity contribution is -0.245. The molecule has 2 aliphatic rings. The normalized spacial score (nSPS) is 37.3. The summed E-state index contributed by atoms with van der Waals surface area (Å²) in [4.78, 5) is 6.09. The molecule has 2 saturated heterocycles. The van der Waals surface area contributed by atoms with Crippen molar-refractivity contribution in [1.29, 1.82) is 0 Å². The predicted molar refractivity (Wildman–Crippen MR) is 65.2 cm³/mol. The van der Waals surface area contributed by atoms with Gasteiger partial charge in [0.05, 0.1) is 0 Å². The highest BCUT2D eigenvalue weighted by molar-refractivity contribution is 5.19. The molecule has 0 aliphatic carbocycles. The Morgan fingerprint density at radius 1 is 1.35 bits per heavy atom. The molecule has 3 unspecified atom stereocenters. The van der Waals surface area contributed by atoms with Crippen molar-refractivity contribution in [3.8, 4) is 0 Å². The van der Waals surface area contributed by atoms with Crippen molar-refractivity contribution in [1.82, 2.24) is 5.06 Å². The van der Waals surface area contributed by atoms with Gasteiger partial charge < -0.3 is 4.74 Å². The summed E-state index contributed by atoms with van der Waals surface area (Å²) in [5.74, 6) is 0. The summed E-state index contributed by atoms with van der Waals surface area (Å²) >= 11 is 0. The molecule has 0 bridgehead atoms. The highest BCUT2D eigenvalue weighted by atomic mass is 16.7. The van der Waals surface area contributed by atoms with Crippen LogP contribution in [0.25, 0.3) is 0 Å². The third-order valence-electron chi connectivity index (χ3n) is 4.03. The Kier molecular flexibility index (Phi) is 2.69. The number of rotatable bonds is 2. The Morgan fingerprint density at radius 2 is 2.12 bits per heavy atom. The van der Waals surface area contributed by atoms with E-state index in [2.05, 4.69) is 36.3 Å². The van der Waals surface area contributed by atoms with Gasteiger partial charge in [-0.2, -0.15) is 5.06 Å². The molecule has 0 saturated carbocycles. The van der Waals surface area contributed by atoms with Crippen molar-refractivity contribution in [3.05, 3.63) is 35.9 Å². The highest BCUT2D eigenvalue weighted by Crippen LogP contribution is 2.48. The molecule has 92 valence electrons. The molecule has 0 amide bonds. The lowest BCUT2D eigenvalue weighted by Gasteiger charge is -2.27. The fraction of sp³-hybridized carbons (Fsp3) is 0.571. The molecular formula is C14H19NO2. The number of fused-ring (bicyclic) bond motifs is 1. The monoisotopic (exact) mass is 233 g/mol. The van der Waals surface area contributed by atoms with Gasteiger partial charge in [0.2, 0.25) is 0 Å². The van der Waals surface area contributed by atoms with Gasteiger partial charge in [0.15, 0.2) is 0 Å². The Balaban J connectivity index is 1.82. The van der Waals surface area contributed by atoms with Crippen LogP contribution in [-0.2, 0) is 9.57 Å². The van der Waals surface area contributed by atoms with Crippen LogP contribution in [0.1, 0.15) is 37.9 Å². The molecular weight excluding hydrogens is 214 g/mol. The van der Waals surface area contributed by atoms with Crippen molar-refractivity contribution in [2.75, 3.05) is 7.11 Å². The minimum Gasteiger partial charge on any atom is -0.364 e. The Hall–Kier alpha value is -0.900. The molecule has 1 aromatic carbocycles. The van der Waals surface area contributed by atoms with Gasteiger partial charge >= 0.3 is 0 Å². The van der Waals surface area contributed by atoms with Crippen LogP contribution >= 0.6 is 0 Å². The highest BCUT2D eigenvalue weighted by Gasteiger charge is 2.51. The zero-order chi connectivity index (χ0) is 11.9. The van der Waals surface area contributed by atoms with Gasteiger partial charge in [-0.1, -0.05) is 30.3 Å². The maximum atomic E-state index is 6.09. The van der Waals surface area contributed by atoms with Crippen LogP contribution in [-0.4, -0.2) is 23.9 Å². The van der Waals surface area contributed by atoms with Crippen LogP contribution in [0, 0.1) is 0 Å². The van der Waals surface area contributed by atoms with Crippen molar-refractivity contribution in [2.24, 2.45) is 0 Å². The minimum absolute atomic E-state index is 0.119. The first-order chi connectivity index (χ1) is 8.23. The summed E-state index contributed by atoms with van der Waals surface area (Å²) in [6.07, 6.45) is 3.56. The average Bonchev–Trinajstić information content (AvgIpc) is 2.84. The number of hydrogen-bond donors (Lipinski definition) is 0. The third-order valence-corrected chi connectivity index (χ3v) is 4.03. The standard InChI is InChI=1S/C14H19NO2/c1-14-9-8-13(16-2)15(14)17-12(10-14)11-6-4-3-5-7-11/h3-7,12-13H,8-10H2,1-2H3. The number of methoxy groups -OCH3 is 1. The van der Waals surface area contributed by atoms with Crippen molar-refractivity contribution < 1.29 is 9.57 Å². The second kappa shape index (κ2) is 4.09.